The van der Waals surface area contributed by atoms with Crippen LogP contribution in [0.2, 0.25) is 0 Å². The number of aromatic nitrogens is 3. The number of carboxylic acids is 1. The predicted octanol–water partition coefficient (Wildman–Crippen LogP) is 3.29. The Morgan fingerprint density at radius 2 is 2.05 bits per heavy atom. The summed E-state index contributed by atoms with van der Waals surface area (Å²) in [6.07, 6.45) is -3.23. The van der Waals surface area contributed by atoms with E-state index >= 15 is 0 Å². The highest BCUT2D eigenvalue weighted by Gasteiger charge is 2.30. The topological polar surface area (TPSA) is 70.9 Å². The maximum atomic E-state index is 12.7. The second-order valence-corrected chi connectivity index (χ2v) is 4.82. The number of hydrogen-bond acceptors (Lipinski definition) is 2. The maximum absolute atomic E-state index is 12.7. The zero-order chi connectivity index (χ0) is 16.1. The number of halogens is 3. The number of aryl methyl sites for hydroxylation is 1. The summed E-state index contributed by atoms with van der Waals surface area (Å²) in [6.45, 7) is 0. The molecular weight excluding hydrogens is 299 g/mol. The van der Waals surface area contributed by atoms with Crippen LogP contribution >= 0.6 is 0 Å². The first kappa shape index (κ1) is 14.2. The molecule has 0 radical (unpaired) electrons. The van der Waals surface area contributed by atoms with Crippen LogP contribution in [0.25, 0.3) is 22.3 Å². The van der Waals surface area contributed by atoms with E-state index in [-0.39, 0.29) is 11.1 Å². The van der Waals surface area contributed by atoms with E-state index in [1.54, 1.807) is 13.1 Å². The van der Waals surface area contributed by atoms with Crippen molar-refractivity contribution in [2.45, 2.75) is 6.18 Å². The minimum absolute atomic E-state index is 0.0231. The number of alkyl halides is 3. The highest BCUT2D eigenvalue weighted by Crippen LogP contribution is 2.33. The third kappa shape index (κ3) is 2.22. The van der Waals surface area contributed by atoms with Crippen molar-refractivity contribution in [3.05, 3.63) is 41.6 Å². The van der Waals surface area contributed by atoms with E-state index in [0.717, 1.165) is 12.1 Å². The zero-order valence-corrected chi connectivity index (χ0v) is 11.3. The van der Waals surface area contributed by atoms with Gasteiger partial charge in [0.05, 0.1) is 23.1 Å². The van der Waals surface area contributed by atoms with Gasteiger partial charge in [-0.25, -0.2) is 4.79 Å². The van der Waals surface area contributed by atoms with Gasteiger partial charge < -0.3 is 10.1 Å². The van der Waals surface area contributed by atoms with Gasteiger partial charge in [-0.2, -0.15) is 18.3 Å². The van der Waals surface area contributed by atoms with Gasteiger partial charge in [-0.05, 0) is 18.2 Å². The van der Waals surface area contributed by atoms with E-state index in [4.69, 9.17) is 5.11 Å². The Morgan fingerprint density at radius 3 is 2.68 bits per heavy atom. The van der Waals surface area contributed by atoms with Crippen LogP contribution < -0.4 is 0 Å². The number of fused-ring (bicyclic) bond motifs is 1. The molecule has 0 unspecified atom stereocenters. The van der Waals surface area contributed by atoms with Crippen molar-refractivity contribution >= 4 is 16.9 Å². The number of aromatic carboxylic acids is 1. The number of hydrogen-bond donors (Lipinski definition) is 2. The molecular formula is C14H10F3N3O2. The van der Waals surface area contributed by atoms with Gasteiger partial charge in [0.2, 0.25) is 0 Å². The summed E-state index contributed by atoms with van der Waals surface area (Å²) < 4.78 is 39.5. The van der Waals surface area contributed by atoms with Crippen LogP contribution in [-0.4, -0.2) is 25.8 Å². The first-order chi connectivity index (χ1) is 10.3. The van der Waals surface area contributed by atoms with Crippen LogP contribution in [-0.2, 0) is 13.2 Å². The summed E-state index contributed by atoms with van der Waals surface area (Å²) in [5.74, 6) is -1.15. The molecule has 0 spiro atoms. The van der Waals surface area contributed by atoms with Gasteiger partial charge in [-0.1, -0.05) is 6.07 Å². The van der Waals surface area contributed by atoms with Crippen LogP contribution in [0, 0.1) is 0 Å². The fourth-order valence-electron chi connectivity index (χ4n) is 2.34. The Morgan fingerprint density at radius 1 is 1.32 bits per heavy atom. The molecule has 0 saturated heterocycles. The Kier molecular flexibility index (Phi) is 2.98. The van der Waals surface area contributed by atoms with E-state index in [9.17, 15) is 18.0 Å². The Bertz CT molecular complexity index is 877. The van der Waals surface area contributed by atoms with E-state index in [0.29, 0.717) is 16.8 Å². The van der Waals surface area contributed by atoms with Gasteiger partial charge in [0.25, 0.3) is 0 Å². The number of nitrogens with zero attached hydrogens (tertiary/aromatic N) is 2. The van der Waals surface area contributed by atoms with Crippen molar-refractivity contribution in [3.8, 4) is 11.4 Å². The lowest BCUT2D eigenvalue weighted by atomic mass is 10.1. The lowest BCUT2D eigenvalue weighted by Gasteiger charge is -2.05. The molecule has 2 heterocycles. The van der Waals surface area contributed by atoms with E-state index in [1.807, 2.05) is 0 Å². The zero-order valence-electron chi connectivity index (χ0n) is 11.3. The van der Waals surface area contributed by atoms with Crippen LogP contribution in [0.5, 0.6) is 0 Å². The van der Waals surface area contributed by atoms with Gasteiger partial charge in [0, 0.05) is 18.0 Å². The maximum Gasteiger partial charge on any atom is 0.416 e. The molecule has 0 aliphatic rings. The van der Waals surface area contributed by atoms with Crippen LogP contribution in [0.15, 0.2) is 30.5 Å². The summed E-state index contributed by atoms with van der Waals surface area (Å²) in [5.41, 5.74) is 0.188. The molecule has 2 aromatic heterocycles. The summed E-state index contributed by atoms with van der Waals surface area (Å²) in [6, 6.07) is 4.92. The fourth-order valence-corrected chi connectivity index (χ4v) is 2.34. The van der Waals surface area contributed by atoms with Crippen LogP contribution in [0.3, 0.4) is 0 Å². The van der Waals surface area contributed by atoms with Crippen molar-refractivity contribution in [2.75, 3.05) is 0 Å². The Balaban J connectivity index is 2.18. The highest BCUT2D eigenvalue weighted by atomic mass is 19.4. The largest absolute Gasteiger partial charge is 0.478 e. The van der Waals surface area contributed by atoms with Gasteiger partial charge in [0.1, 0.15) is 5.56 Å². The average molecular weight is 309 g/mol. The molecule has 0 atom stereocenters. The second kappa shape index (κ2) is 4.62. The summed E-state index contributed by atoms with van der Waals surface area (Å²) in [4.78, 5) is 14.0. The van der Waals surface area contributed by atoms with E-state index < -0.39 is 17.7 Å². The van der Waals surface area contributed by atoms with Crippen molar-refractivity contribution < 1.29 is 23.1 Å². The molecule has 0 aliphatic carbocycles. The molecule has 0 fully saturated rings. The van der Waals surface area contributed by atoms with Crippen molar-refractivity contribution in [1.29, 1.82) is 0 Å². The van der Waals surface area contributed by atoms with Crippen LogP contribution in [0.4, 0.5) is 13.2 Å². The average Bonchev–Trinajstić information content (AvgIpc) is 2.99. The summed E-state index contributed by atoms with van der Waals surface area (Å²) >= 11 is 0. The van der Waals surface area contributed by atoms with E-state index in [2.05, 4.69) is 10.1 Å². The molecule has 0 saturated carbocycles. The Hall–Kier alpha value is -2.77. The second-order valence-electron chi connectivity index (χ2n) is 4.82. The predicted molar refractivity (Wildman–Crippen MR) is 72.5 cm³/mol. The number of rotatable bonds is 2. The van der Waals surface area contributed by atoms with Gasteiger partial charge >= 0.3 is 12.1 Å². The Labute approximate surface area is 122 Å². The molecule has 8 heteroatoms. The summed E-state index contributed by atoms with van der Waals surface area (Å²) in [7, 11) is 1.56. The lowest BCUT2D eigenvalue weighted by molar-refractivity contribution is -0.137. The molecule has 3 aromatic rings. The summed E-state index contributed by atoms with van der Waals surface area (Å²) in [5, 5.41) is 13.6. The minimum Gasteiger partial charge on any atom is -0.478 e. The number of nitrogens with one attached hydrogen (secondary N) is 1. The number of H-pyrrole nitrogens is 1. The van der Waals surface area contributed by atoms with Crippen molar-refractivity contribution in [3.63, 3.8) is 0 Å². The molecule has 0 bridgehead atoms. The fraction of sp³-hybridized carbons (Fsp3) is 0.143. The van der Waals surface area contributed by atoms with Crippen LogP contribution in [0.1, 0.15) is 15.9 Å². The third-order valence-electron chi connectivity index (χ3n) is 3.37. The number of benzene rings is 1. The first-order valence-electron chi connectivity index (χ1n) is 6.23. The van der Waals surface area contributed by atoms with Gasteiger partial charge in [-0.15, -0.1) is 0 Å². The number of aromatic amines is 1. The SMILES string of the molecule is Cn1ncc(C(=O)O)c1-c1cc2ccc(C(F)(F)F)cc2[nH]1. The molecule has 3 rings (SSSR count). The molecule has 0 amide bonds. The smallest absolute Gasteiger partial charge is 0.416 e. The monoisotopic (exact) mass is 309 g/mol. The first-order valence-corrected chi connectivity index (χ1v) is 6.23. The number of carboxylic acid groups (broad SMARTS) is 1. The third-order valence-corrected chi connectivity index (χ3v) is 3.37. The van der Waals surface area contributed by atoms with Gasteiger partial charge in [0.15, 0.2) is 0 Å². The van der Waals surface area contributed by atoms with Crippen molar-refractivity contribution in [1.82, 2.24) is 14.8 Å². The molecule has 1 aromatic carbocycles. The molecule has 2 N–H and O–H groups in total. The van der Waals surface area contributed by atoms with Gasteiger partial charge in [-0.3, -0.25) is 4.68 Å². The van der Waals surface area contributed by atoms with E-state index in [1.165, 1.54) is 16.9 Å². The lowest BCUT2D eigenvalue weighted by Crippen LogP contribution is -2.04. The molecule has 5 nitrogen and oxygen atoms in total. The standard InChI is InChI=1S/C14H10F3N3O2/c1-20-12(9(6-18-20)13(21)22)11-4-7-2-3-8(14(15,16)17)5-10(7)19-11/h2-6,19H,1H3,(H,21,22). The highest BCUT2D eigenvalue weighted by molar-refractivity contribution is 5.96. The normalized spacial score (nSPS) is 12.0. The minimum atomic E-state index is -4.43. The number of carbonyl (C=O) groups is 1. The quantitative estimate of drug-likeness (QED) is 0.763. The molecule has 0 aliphatic heterocycles. The molecule has 22 heavy (non-hydrogen) atoms. The van der Waals surface area contributed by atoms with Crippen molar-refractivity contribution in [2.24, 2.45) is 7.05 Å². The molecule has 114 valence electrons.